The van der Waals surface area contributed by atoms with Crippen molar-refractivity contribution in [2.24, 2.45) is 5.92 Å². The van der Waals surface area contributed by atoms with Gasteiger partial charge in [0, 0.05) is 25.5 Å². The fourth-order valence-corrected chi connectivity index (χ4v) is 2.59. The zero-order valence-corrected chi connectivity index (χ0v) is 10.8. The molecule has 1 amide bonds. The van der Waals surface area contributed by atoms with Crippen LogP contribution in [0.1, 0.15) is 6.42 Å². The second kappa shape index (κ2) is 4.80. The molecule has 1 aromatic carbocycles. The molecule has 0 radical (unpaired) electrons. The Balaban J connectivity index is 2.35. The average molecular weight is 286 g/mol. The van der Waals surface area contributed by atoms with E-state index in [0.717, 1.165) is 6.07 Å². The molecule has 8 heteroatoms. The molecule has 0 aromatic heterocycles. The van der Waals surface area contributed by atoms with E-state index in [0.29, 0.717) is 12.2 Å². The largest absolute Gasteiger partial charge is 0.397 e. The summed E-state index contributed by atoms with van der Waals surface area (Å²) in [7, 11) is -4.32. The molecule has 1 aliphatic heterocycles. The summed E-state index contributed by atoms with van der Waals surface area (Å²) in [5, 5.41) is 9.05. The van der Waals surface area contributed by atoms with Crippen LogP contribution in [-0.2, 0) is 14.9 Å². The third-order valence-corrected chi connectivity index (χ3v) is 3.90. The third kappa shape index (κ3) is 2.70. The fourth-order valence-electron chi connectivity index (χ4n) is 2.08. The van der Waals surface area contributed by atoms with E-state index in [4.69, 9.17) is 15.4 Å². The number of nitrogens with zero attached hydrogens (tertiary/aromatic N) is 1. The van der Waals surface area contributed by atoms with Crippen LogP contribution >= 0.6 is 0 Å². The standard InChI is InChI=1S/C11H14N2O5S/c12-9-4-8(19(16,17)18)1-2-10(9)13-5-7(6-14)3-11(13)15/h1-2,4,7,14H,3,5-6,12H2,(H,16,17,18). The van der Waals surface area contributed by atoms with Gasteiger partial charge in [-0.05, 0) is 18.2 Å². The van der Waals surface area contributed by atoms with Crippen LogP contribution in [0.25, 0.3) is 0 Å². The third-order valence-electron chi connectivity index (χ3n) is 3.05. The first-order chi connectivity index (χ1) is 8.82. The van der Waals surface area contributed by atoms with E-state index in [1.807, 2.05) is 0 Å². The molecule has 0 spiro atoms. The van der Waals surface area contributed by atoms with Crippen molar-refractivity contribution in [3.05, 3.63) is 18.2 Å². The lowest BCUT2D eigenvalue weighted by atomic mass is 10.1. The van der Waals surface area contributed by atoms with Gasteiger partial charge >= 0.3 is 0 Å². The van der Waals surface area contributed by atoms with Gasteiger partial charge in [0.15, 0.2) is 0 Å². The SMILES string of the molecule is Nc1cc(S(=O)(=O)O)ccc1N1CC(CO)CC1=O. The fraction of sp³-hybridized carbons (Fsp3) is 0.364. The first-order valence-corrected chi connectivity index (χ1v) is 7.05. The molecule has 1 fully saturated rings. The van der Waals surface area contributed by atoms with Crippen molar-refractivity contribution in [3.8, 4) is 0 Å². The molecule has 1 saturated heterocycles. The minimum absolute atomic E-state index is 0.0852. The van der Waals surface area contributed by atoms with Crippen LogP contribution in [-0.4, -0.2) is 37.1 Å². The molecule has 7 nitrogen and oxygen atoms in total. The number of aliphatic hydroxyl groups excluding tert-OH is 1. The number of nitrogens with two attached hydrogens (primary N) is 1. The van der Waals surface area contributed by atoms with Gasteiger partial charge in [-0.2, -0.15) is 8.42 Å². The number of hydrogen-bond acceptors (Lipinski definition) is 5. The highest BCUT2D eigenvalue weighted by Crippen LogP contribution is 2.31. The summed E-state index contributed by atoms with van der Waals surface area (Å²) in [4.78, 5) is 12.9. The maximum atomic E-state index is 11.8. The first kappa shape index (κ1) is 13.8. The molecule has 4 N–H and O–H groups in total. The number of amides is 1. The van der Waals surface area contributed by atoms with E-state index in [1.165, 1.54) is 17.0 Å². The van der Waals surface area contributed by atoms with Crippen molar-refractivity contribution in [1.82, 2.24) is 0 Å². The highest BCUT2D eigenvalue weighted by atomic mass is 32.2. The van der Waals surface area contributed by atoms with E-state index >= 15 is 0 Å². The number of anilines is 2. The Hall–Kier alpha value is -1.64. The van der Waals surface area contributed by atoms with Gasteiger partial charge in [0.25, 0.3) is 10.1 Å². The van der Waals surface area contributed by atoms with E-state index in [1.54, 1.807) is 0 Å². The van der Waals surface area contributed by atoms with Crippen molar-refractivity contribution in [2.75, 3.05) is 23.8 Å². The topological polar surface area (TPSA) is 121 Å². The van der Waals surface area contributed by atoms with Crippen molar-refractivity contribution >= 4 is 27.4 Å². The quantitative estimate of drug-likeness (QED) is 0.525. The van der Waals surface area contributed by atoms with Gasteiger partial charge in [0.05, 0.1) is 16.3 Å². The van der Waals surface area contributed by atoms with Gasteiger partial charge in [0.2, 0.25) is 5.91 Å². The van der Waals surface area contributed by atoms with Crippen molar-refractivity contribution in [1.29, 1.82) is 0 Å². The highest BCUT2D eigenvalue weighted by molar-refractivity contribution is 7.85. The van der Waals surface area contributed by atoms with Gasteiger partial charge in [0.1, 0.15) is 0 Å². The molecule has 0 aliphatic carbocycles. The van der Waals surface area contributed by atoms with Crippen LogP contribution in [0.5, 0.6) is 0 Å². The maximum absolute atomic E-state index is 11.8. The molecule has 2 rings (SSSR count). The summed E-state index contributed by atoms with van der Waals surface area (Å²) in [5.74, 6) is -0.321. The normalized spacial score (nSPS) is 20.0. The number of benzene rings is 1. The molecule has 1 heterocycles. The van der Waals surface area contributed by atoms with Crippen molar-refractivity contribution < 1.29 is 22.9 Å². The Bertz CT molecular complexity index is 614. The van der Waals surface area contributed by atoms with Crippen LogP contribution in [0.4, 0.5) is 11.4 Å². The van der Waals surface area contributed by atoms with Crippen LogP contribution in [0.15, 0.2) is 23.1 Å². The second-order valence-corrected chi connectivity index (χ2v) is 5.87. The molecule has 0 bridgehead atoms. The van der Waals surface area contributed by atoms with Crippen LogP contribution in [0.3, 0.4) is 0 Å². The zero-order valence-electron chi connectivity index (χ0n) is 9.98. The Morgan fingerprint density at radius 2 is 2.11 bits per heavy atom. The molecule has 1 unspecified atom stereocenters. The van der Waals surface area contributed by atoms with Gasteiger partial charge < -0.3 is 15.7 Å². The highest BCUT2D eigenvalue weighted by Gasteiger charge is 2.31. The molecule has 1 aliphatic rings. The lowest BCUT2D eigenvalue weighted by Gasteiger charge is -2.18. The Kier molecular flexibility index (Phi) is 3.48. The molecular formula is C11H14N2O5S. The number of carbonyl (C=O) groups is 1. The molecule has 0 saturated carbocycles. The summed E-state index contributed by atoms with van der Waals surface area (Å²) in [5.41, 5.74) is 6.18. The van der Waals surface area contributed by atoms with Gasteiger partial charge in [-0.25, -0.2) is 0 Å². The molecule has 19 heavy (non-hydrogen) atoms. The number of aliphatic hydroxyl groups is 1. The summed E-state index contributed by atoms with van der Waals surface area (Å²) in [6, 6.07) is 3.65. The molecular weight excluding hydrogens is 272 g/mol. The lowest BCUT2D eigenvalue weighted by molar-refractivity contribution is -0.117. The number of rotatable bonds is 3. The second-order valence-electron chi connectivity index (χ2n) is 4.45. The number of nitrogen functional groups attached to an aromatic ring is 1. The molecule has 1 atom stereocenters. The predicted molar refractivity (Wildman–Crippen MR) is 68.2 cm³/mol. The van der Waals surface area contributed by atoms with E-state index in [-0.39, 0.29) is 35.4 Å². The van der Waals surface area contributed by atoms with Gasteiger partial charge in [-0.3, -0.25) is 9.35 Å². The summed E-state index contributed by atoms with van der Waals surface area (Å²) < 4.78 is 30.8. The number of hydrogen-bond donors (Lipinski definition) is 3. The van der Waals surface area contributed by atoms with Crippen LogP contribution in [0, 0.1) is 5.92 Å². The van der Waals surface area contributed by atoms with Crippen LogP contribution in [0.2, 0.25) is 0 Å². The van der Waals surface area contributed by atoms with Gasteiger partial charge in [-0.1, -0.05) is 0 Å². The Morgan fingerprint density at radius 1 is 1.42 bits per heavy atom. The lowest BCUT2D eigenvalue weighted by Crippen LogP contribution is -2.26. The van der Waals surface area contributed by atoms with E-state index in [9.17, 15) is 13.2 Å². The summed E-state index contributed by atoms with van der Waals surface area (Å²) >= 11 is 0. The molecule has 104 valence electrons. The van der Waals surface area contributed by atoms with Crippen molar-refractivity contribution in [2.45, 2.75) is 11.3 Å². The van der Waals surface area contributed by atoms with E-state index in [2.05, 4.69) is 0 Å². The van der Waals surface area contributed by atoms with Crippen molar-refractivity contribution in [3.63, 3.8) is 0 Å². The van der Waals surface area contributed by atoms with Crippen LogP contribution < -0.4 is 10.6 Å². The average Bonchev–Trinajstić information content (AvgIpc) is 2.69. The monoisotopic (exact) mass is 286 g/mol. The first-order valence-electron chi connectivity index (χ1n) is 5.61. The summed E-state index contributed by atoms with van der Waals surface area (Å²) in [6.45, 7) is 0.246. The Morgan fingerprint density at radius 3 is 2.58 bits per heavy atom. The summed E-state index contributed by atoms with van der Waals surface area (Å²) in [6.07, 6.45) is 0.232. The predicted octanol–water partition coefficient (Wildman–Crippen LogP) is -0.139. The maximum Gasteiger partial charge on any atom is 0.294 e. The smallest absolute Gasteiger partial charge is 0.294 e. The van der Waals surface area contributed by atoms with E-state index < -0.39 is 10.1 Å². The number of carbonyl (C=O) groups excluding carboxylic acids is 1. The van der Waals surface area contributed by atoms with Gasteiger partial charge in [-0.15, -0.1) is 0 Å². The molecule has 1 aromatic rings. The minimum atomic E-state index is -4.32. The minimum Gasteiger partial charge on any atom is -0.397 e. The Labute approximate surface area is 110 Å². The zero-order chi connectivity index (χ0) is 14.2.